The Morgan fingerprint density at radius 3 is 2.74 bits per heavy atom. The Labute approximate surface area is 114 Å². The van der Waals surface area contributed by atoms with Gasteiger partial charge in [-0.1, -0.05) is 42.2 Å². The summed E-state index contributed by atoms with van der Waals surface area (Å²) in [5.41, 5.74) is 0.899. The van der Waals surface area contributed by atoms with Crippen molar-refractivity contribution < 1.29 is 9.53 Å². The molecule has 1 heterocycles. The summed E-state index contributed by atoms with van der Waals surface area (Å²) in [6.45, 7) is 1.44. The molecule has 0 aromatic heterocycles. The van der Waals surface area contributed by atoms with Crippen LogP contribution in [0.3, 0.4) is 0 Å². The summed E-state index contributed by atoms with van der Waals surface area (Å²) in [7, 11) is 3.93. The van der Waals surface area contributed by atoms with E-state index in [1.807, 2.05) is 49.3 Å². The molecule has 0 radical (unpaired) electrons. The van der Waals surface area contributed by atoms with Gasteiger partial charge in [-0.2, -0.15) is 0 Å². The molecule has 0 saturated carbocycles. The molecule has 1 aromatic carbocycles. The molecule has 0 N–H and O–H groups in total. The minimum absolute atomic E-state index is 0.00893. The zero-order chi connectivity index (χ0) is 13.7. The Kier molecular flexibility index (Phi) is 4.56. The molecular weight excluding hydrogens is 240 g/mol. The standard InChI is InChI=1S/C15H18N2O2/c1-16(2)10-6-7-11-17-12-19-14(15(17)18)13-8-4-3-5-9-13/h3-5,8-9,14H,10-12H2,1-2H3/t14-/m1/s1. The molecular formula is C15H18N2O2. The van der Waals surface area contributed by atoms with Crippen LogP contribution in [0.25, 0.3) is 0 Å². The van der Waals surface area contributed by atoms with Gasteiger partial charge >= 0.3 is 0 Å². The fourth-order valence-corrected chi connectivity index (χ4v) is 1.82. The average Bonchev–Trinajstić information content (AvgIpc) is 2.77. The first kappa shape index (κ1) is 13.6. The molecule has 4 heteroatoms. The van der Waals surface area contributed by atoms with Gasteiger partial charge < -0.3 is 9.64 Å². The second-order valence-corrected chi connectivity index (χ2v) is 4.71. The first-order valence-corrected chi connectivity index (χ1v) is 6.24. The molecule has 1 aliphatic heterocycles. The first-order valence-electron chi connectivity index (χ1n) is 6.24. The van der Waals surface area contributed by atoms with Gasteiger partial charge in [0.05, 0.1) is 13.1 Å². The summed E-state index contributed by atoms with van der Waals surface area (Å²) < 4.78 is 5.54. The molecule has 19 heavy (non-hydrogen) atoms. The maximum atomic E-state index is 12.2. The van der Waals surface area contributed by atoms with Crippen LogP contribution in [0.2, 0.25) is 0 Å². The SMILES string of the molecule is CN(C)CC#CCN1CO[C@H](c2ccccc2)C1=O. The highest BCUT2D eigenvalue weighted by Crippen LogP contribution is 2.25. The molecule has 0 spiro atoms. The maximum Gasteiger partial charge on any atom is 0.259 e. The molecule has 100 valence electrons. The lowest BCUT2D eigenvalue weighted by atomic mass is 10.1. The van der Waals surface area contributed by atoms with E-state index in [4.69, 9.17) is 4.74 Å². The quantitative estimate of drug-likeness (QED) is 0.761. The van der Waals surface area contributed by atoms with Crippen LogP contribution in [0.1, 0.15) is 11.7 Å². The van der Waals surface area contributed by atoms with E-state index < -0.39 is 6.10 Å². The third-order valence-electron chi connectivity index (χ3n) is 2.83. The number of hydrogen-bond acceptors (Lipinski definition) is 3. The van der Waals surface area contributed by atoms with Crippen LogP contribution in [-0.2, 0) is 9.53 Å². The van der Waals surface area contributed by atoms with E-state index in [1.54, 1.807) is 4.90 Å². The van der Waals surface area contributed by atoms with Gasteiger partial charge in [-0.15, -0.1) is 0 Å². The zero-order valence-corrected chi connectivity index (χ0v) is 11.3. The molecule has 2 rings (SSSR count). The number of benzene rings is 1. The molecule has 1 saturated heterocycles. The van der Waals surface area contributed by atoms with Gasteiger partial charge in [0.2, 0.25) is 0 Å². The van der Waals surface area contributed by atoms with Gasteiger partial charge in [0, 0.05) is 0 Å². The highest BCUT2D eigenvalue weighted by molar-refractivity contribution is 5.83. The summed E-state index contributed by atoms with van der Waals surface area (Å²) in [6, 6.07) is 9.55. The van der Waals surface area contributed by atoms with Gasteiger partial charge in [-0.05, 0) is 19.7 Å². The van der Waals surface area contributed by atoms with E-state index in [-0.39, 0.29) is 5.91 Å². The normalized spacial score (nSPS) is 18.6. The summed E-state index contributed by atoms with van der Waals surface area (Å²) in [5, 5.41) is 0. The lowest BCUT2D eigenvalue weighted by Crippen LogP contribution is -2.27. The summed E-state index contributed by atoms with van der Waals surface area (Å²) in [5.74, 6) is 6.00. The van der Waals surface area contributed by atoms with Crippen LogP contribution in [0.4, 0.5) is 0 Å². The average molecular weight is 258 g/mol. The topological polar surface area (TPSA) is 32.8 Å². The number of ether oxygens (including phenoxy) is 1. The predicted octanol–water partition coefficient (Wildman–Crippen LogP) is 1.11. The zero-order valence-electron chi connectivity index (χ0n) is 11.3. The Balaban J connectivity index is 1.93. The molecule has 1 amide bonds. The van der Waals surface area contributed by atoms with Crippen molar-refractivity contribution in [3.8, 4) is 11.8 Å². The highest BCUT2D eigenvalue weighted by atomic mass is 16.5. The second kappa shape index (κ2) is 6.37. The van der Waals surface area contributed by atoms with Crippen LogP contribution in [0.5, 0.6) is 0 Å². The van der Waals surface area contributed by atoms with Gasteiger partial charge in [-0.3, -0.25) is 9.69 Å². The van der Waals surface area contributed by atoms with Crippen LogP contribution in [0, 0.1) is 11.8 Å². The van der Waals surface area contributed by atoms with E-state index in [1.165, 1.54) is 0 Å². The van der Waals surface area contributed by atoms with Gasteiger partial charge in [0.1, 0.15) is 6.73 Å². The molecule has 0 unspecified atom stereocenters. The van der Waals surface area contributed by atoms with Crippen molar-refractivity contribution in [3.63, 3.8) is 0 Å². The lowest BCUT2D eigenvalue weighted by Gasteiger charge is -2.10. The third kappa shape index (κ3) is 3.57. The number of rotatable bonds is 3. The second-order valence-electron chi connectivity index (χ2n) is 4.71. The van der Waals surface area contributed by atoms with Crippen molar-refractivity contribution >= 4 is 5.91 Å². The van der Waals surface area contributed by atoms with Gasteiger partial charge in [0.15, 0.2) is 6.10 Å². The van der Waals surface area contributed by atoms with Crippen molar-refractivity contribution in [2.24, 2.45) is 0 Å². The van der Waals surface area contributed by atoms with Crippen LogP contribution in [0.15, 0.2) is 30.3 Å². The molecule has 1 atom stereocenters. The minimum Gasteiger partial charge on any atom is -0.343 e. The smallest absolute Gasteiger partial charge is 0.259 e. The number of carbonyl (C=O) groups is 1. The van der Waals surface area contributed by atoms with Crippen molar-refractivity contribution in [2.75, 3.05) is 33.9 Å². The number of nitrogens with zero attached hydrogens (tertiary/aromatic N) is 2. The summed E-state index contributed by atoms with van der Waals surface area (Å²) >= 11 is 0. The predicted molar refractivity (Wildman–Crippen MR) is 73.2 cm³/mol. The summed E-state index contributed by atoms with van der Waals surface area (Å²) in [6.07, 6.45) is -0.475. The van der Waals surface area contributed by atoms with Gasteiger partial charge in [0.25, 0.3) is 5.91 Å². The van der Waals surface area contributed by atoms with Crippen molar-refractivity contribution in [1.82, 2.24) is 9.80 Å². The first-order chi connectivity index (χ1) is 9.18. The highest BCUT2D eigenvalue weighted by Gasteiger charge is 2.32. The van der Waals surface area contributed by atoms with Crippen molar-refractivity contribution in [2.45, 2.75) is 6.10 Å². The van der Waals surface area contributed by atoms with Crippen LogP contribution in [-0.4, -0.2) is 49.6 Å². The van der Waals surface area contributed by atoms with Gasteiger partial charge in [-0.25, -0.2) is 0 Å². The fourth-order valence-electron chi connectivity index (χ4n) is 1.82. The number of amides is 1. The summed E-state index contributed by atoms with van der Waals surface area (Å²) in [4.78, 5) is 15.8. The van der Waals surface area contributed by atoms with E-state index in [0.717, 1.165) is 5.56 Å². The van der Waals surface area contributed by atoms with E-state index in [0.29, 0.717) is 19.8 Å². The monoisotopic (exact) mass is 258 g/mol. The number of carbonyl (C=O) groups excluding carboxylic acids is 1. The molecule has 1 aliphatic rings. The third-order valence-corrected chi connectivity index (χ3v) is 2.83. The van der Waals surface area contributed by atoms with E-state index >= 15 is 0 Å². The van der Waals surface area contributed by atoms with E-state index in [9.17, 15) is 4.79 Å². The molecule has 0 aliphatic carbocycles. The molecule has 4 nitrogen and oxygen atoms in total. The lowest BCUT2D eigenvalue weighted by molar-refractivity contribution is -0.129. The molecule has 1 fully saturated rings. The van der Waals surface area contributed by atoms with Crippen LogP contribution >= 0.6 is 0 Å². The minimum atomic E-state index is -0.475. The Hall–Kier alpha value is -1.83. The van der Waals surface area contributed by atoms with Crippen molar-refractivity contribution in [3.05, 3.63) is 35.9 Å². The Bertz CT molecular complexity index is 488. The Morgan fingerprint density at radius 2 is 2.05 bits per heavy atom. The number of hydrogen-bond donors (Lipinski definition) is 0. The fraction of sp³-hybridized carbons (Fsp3) is 0.400. The van der Waals surface area contributed by atoms with E-state index in [2.05, 4.69) is 11.8 Å². The van der Waals surface area contributed by atoms with Crippen molar-refractivity contribution in [1.29, 1.82) is 0 Å². The van der Waals surface area contributed by atoms with Crippen LogP contribution < -0.4 is 0 Å². The Morgan fingerprint density at radius 1 is 1.32 bits per heavy atom. The maximum absolute atomic E-state index is 12.2. The molecule has 1 aromatic rings. The molecule has 0 bridgehead atoms. The largest absolute Gasteiger partial charge is 0.343 e.